The maximum atomic E-state index is 12.7. The van der Waals surface area contributed by atoms with Gasteiger partial charge in [-0.25, -0.2) is 13.1 Å². The second-order valence-electron chi connectivity index (χ2n) is 6.05. The highest BCUT2D eigenvalue weighted by Gasteiger charge is 2.31. The molecule has 2 N–H and O–H groups in total. The summed E-state index contributed by atoms with van der Waals surface area (Å²) in [6, 6.07) is 11.1. The molecule has 0 aliphatic heterocycles. The lowest BCUT2D eigenvalue weighted by atomic mass is 10.1. The quantitative estimate of drug-likeness (QED) is 0.812. The second-order valence-corrected chi connectivity index (χ2v) is 7.82. The summed E-state index contributed by atoms with van der Waals surface area (Å²) in [6.45, 7) is 0.851. The zero-order chi connectivity index (χ0) is 18.7. The van der Waals surface area contributed by atoms with E-state index in [1.54, 1.807) is 12.1 Å². The average Bonchev–Trinajstić information content (AvgIpc) is 2.53. The molecule has 0 atom stereocenters. The minimum atomic E-state index is -4.59. The molecule has 0 unspecified atom stereocenters. The molecule has 136 valence electrons. The zero-order valence-corrected chi connectivity index (χ0v) is 14.7. The fourth-order valence-corrected chi connectivity index (χ4v) is 3.35. The van der Waals surface area contributed by atoms with Crippen LogP contribution in [0.3, 0.4) is 0 Å². The number of halogens is 3. The van der Waals surface area contributed by atoms with Gasteiger partial charge >= 0.3 is 6.18 Å². The minimum absolute atomic E-state index is 0.00762. The van der Waals surface area contributed by atoms with Crippen LogP contribution in [0.4, 0.5) is 13.2 Å². The first-order chi connectivity index (χ1) is 11.6. The predicted molar refractivity (Wildman–Crippen MR) is 88.4 cm³/mol. The summed E-state index contributed by atoms with van der Waals surface area (Å²) in [5.41, 5.74) is 0.850. The third-order valence-electron chi connectivity index (χ3n) is 3.52. The summed E-state index contributed by atoms with van der Waals surface area (Å²) >= 11 is 0. The largest absolute Gasteiger partial charge is 0.416 e. The number of quaternary nitrogens is 1. The van der Waals surface area contributed by atoms with E-state index in [-0.39, 0.29) is 6.54 Å². The van der Waals surface area contributed by atoms with E-state index >= 15 is 0 Å². The molecule has 0 radical (unpaired) electrons. The third kappa shape index (κ3) is 5.55. The fraction of sp³-hybridized carbons (Fsp3) is 0.294. The van der Waals surface area contributed by atoms with Gasteiger partial charge in [-0.1, -0.05) is 30.3 Å². The Bertz CT molecular complexity index is 817. The molecule has 0 amide bonds. The molecular weight excluding hydrogens is 353 g/mol. The van der Waals surface area contributed by atoms with Crippen LogP contribution >= 0.6 is 0 Å². The van der Waals surface area contributed by atoms with Gasteiger partial charge in [0.1, 0.15) is 6.54 Å². The molecule has 0 heterocycles. The van der Waals surface area contributed by atoms with Crippen LogP contribution in [0.5, 0.6) is 0 Å². The predicted octanol–water partition coefficient (Wildman–Crippen LogP) is 1.83. The number of rotatable bonds is 6. The second kappa shape index (κ2) is 7.55. The van der Waals surface area contributed by atoms with Crippen molar-refractivity contribution in [1.82, 2.24) is 4.72 Å². The summed E-state index contributed by atoms with van der Waals surface area (Å²) in [5, 5.41) is 0. The number of sulfonamides is 1. The Balaban J connectivity index is 2.09. The van der Waals surface area contributed by atoms with Crippen LogP contribution in [0.25, 0.3) is 0 Å². The molecule has 0 aliphatic carbocycles. The van der Waals surface area contributed by atoms with Gasteiger partial charge < -0.3 is 4.90 Å². The monoisotopic (exact) mass is 373 g/mol. The van der Waals surface area contributed by atoms with Crippen molar-refractivity contribution in [2.75, 3.05) is 14.1 Å². The fourth-order valence-electron chi connectivity index (χ4n) is 2.28. The average molecular weight is 373 g/mol. The van der Waals surface area contributed by atoms with E-state index in [0.29, 0.717) is 6.07 Å². The van der Waals surface area contributed by atoms with Crippen LogP contribution in [-0.2, 0) is 29.3 Å². The van der Waals surface area contributed by atoms with Crippen molar-refractivity contribution in [3.8, 4) is 0 Å². The molecule has 4 nitrogen and oxygen atoms in total. The standard InChI is InChI=1S/C17H19F3N2O2S/c1-22(2)12-14-8-6-13(7-9-14)11-21-25(23,24)16-5-3-4-15(10-16)17(18,19)20/h3-10,21H,11-12H2,1-2H3/p+1. The molecule has 0 saturated heterocycles. The highest BCUT2D eigenvalue weighted by atomic mass is 32.2. The summed E-state index contributed by atoms with van der Waals surface area (Å²) in [6.07, 6.45) is -4.59. The number of hydrogen-bond donors (Lipinski definition) is 2. The molecule has 0 saturated carbocycles. The van der Waals surface area contributed by atoms with Crippen molar-refractivity contribution < 1.29 is 26.5 Å². The lowest BCUT2D eigenvalue weighted by Crippen LogP contribution is -3.04. The van der Waals surface area contributed by atoms with Crippen LogP contribution < -0.4 is 9.62 Å². The first kappa shape index (κ1) is 19.4. The van der Waals surface area contributed by atoms with Crippen molar-refractivity contribution in [2.45, 2.75) is 24.2 Å². The normalized spacial score (nSPS) is 12.6. The lowest BCUT2D eigenvalue weighted by Gasteiger charge is -2.11. The van der Waals surface area contributed by atoms with E-state index in [0.717, 1.165) is 35.9 Å². The molecule has 0 fully saturated rings. The number of alkyl halides is 3. The Morgan fingerprint density at radius 1 is 1.00 bits per heavy atom. The Morgan fingerprint density at radius 3 is 2.16 bits per heavy atom. The SMILES string of the molecule is C[NH+](C)Cc1ccc(CNS(=O)(=O)c2cccc(C(F)(F)F)c2)cc1. The molecular formula is C17H20F3N2O2S+. The van der Waals surface area contributed by atoms with Crippen LogP contribution in [0, 0.1) is 0 Å². The molecule has 0 aromatic heterocycles. The van der Waals surface area contributed by atoms with Gasteiger partial charge in [0.25, 0.3) is 0 Å². The Labute approximate surface area is 145 Å². The number of hydrogen-bond acceptors (Lipinski definition) is 2. The topological polar surface area (TPSA) is 50.6 Å². The molecule has 2 aromatic rings. The third-order valence-corrected chi connectivity index (χ3v) is 4.92. The molecule has 8 heteroatoms. The summed E-state index contributed by atoms with van der Waals surface area (Å²) in [4.78, 5) is 0.855. The van der Waals surface area contributed by atoms with Crippen molar-refractivity contribution in [3.05, 3.63) is 65.2 Å². The van der Waals surface area contributed by atoms with Crippen LogP contribution in [0.2, 0.25) is 0 Å². The van der Waals surface area contributed by atoms with Gasteiger partial charge in [-0.3, -0.25) is 0 Å². The van der Waals surface area contributed by atoms with Gasteiger partial charge in [0.2, 0.25) is 10.0 Å². The van der Waals surface area contributed by atoms with E-state index in [2.05, 4.69) is 4.72 Å². The van der Waals surface area contributed by atoms with Gasteiger partial charge in [0, 0.05) is 12.1 Å². The minimum Gasteiger partial charge on any atom is -0.336 e. The van der Waals surface area contributed by atoms with Gasteiger partial charge in [-0.05, 0) is 23.8 Å². The molecule has 2 aromatic carbocycles. The van der Waals surface area contributed by atoms with E-state index < -0.39 is 26.7 Å². The number of benzene rings is 2. The van der Waals surface area contributed by atoms with E-state index in [4.69, 9.17) is 0 Å². The highest BCUT2D eigenvalue weighted by Crippen LogP contribution is 2.30. The van der Waals surface area contributed by atoms with Crippen molar-refractivity contribution in [1.29, 1.82) is 0 Å². The Morgan fingerprint density at radius 2 is 1.60 bits per heavy atom. The molecule has 25 heavy (non-hydrogen) atoms. The van der Waals surface area contributed by atoms with Crippen molar-refractivity contribution in [2.24, 2.45) is 0 Å². The highest BCUT2D eigenvalue weighted by molar-refractivity contribution is 7.89. The Kier molecular flexibility index (Phi) is 5.87. The molecule has 0 aliphatic rings. The van der Waals surface area contributed by atoms with Gasteiger partial charge in [-0.2, -0.15) is 13.2 Å². The van der Waals surface area contributed by atoms with Crippen LogP contribution in [-0.4, -0.2) is 22.5 Å². The molecule has 0 spiro atoms. The maximum Gasteiger partial charge on any atom is 0.416 e. The summed E-state index contributed by atoms with van der Waals surface area (Å²) < 4.78 is 64.9. The lowest BCUT2D eigenvalue weighted by molar-refractivity contribution is -0.872. The van der Waals surface area contributed by atoms with E-state index in [1.807, 2.05) is 26.2 Å². The molecule has 0 bridgehead atoms. The zero-order valence-electron chi connectivity index (χ0n) is 13.9. The van der Waals surface area contributed by atoms with Crippen LogP contribution in [0.15, 0.2) is 53.4 Å². The van der Waals surface area contributed by atoms with E-state index in [1.165, 1.54) is 4.90 Å². The van der Waals surface area contributed by atoms with Gasteiger partial charge in [0.15, 0.2) is 0 Å². The van der Waals surface area contributed by atoms with Crippen molar-refractivity contribution in [3.63, 3.8) is 0 Å². The first-order valence-electron chi connectivity index (χ1n) is 7.62. The van der Waals surface area contributed by atoms with Gasteiger partial charge in [0.05, 0.1) is 24.6 Å². The molecule has 2 rings (SSSR count). The van der Waals surface area contributed by atoms with Crippen molar-refractivity contribution >= 4 is 10.0 Å². The van der Waals surface area contributed by atoms with Gasteiger partial charge in [-0.15, -0.1) is 0 Å². The first-order valence-corrected chi connectivity index (χ1v) is 9.10. The smallest absolute Gasteiger partial charge is 0.336 e. The number of nitrogens with one attached hydrogen (secondary N) is 2. The Hall–Kier alpha value is -1.90. The maximum absolute atomic E-state index is 12.7. The van der Waals surface area contributed by atoms with E-state index in [9.17, 15) is 21.6 Å². The van der Waals surface area contributed by atoms with Crippen LogP contribution in [0.1, 0.15) is 16.7 Å². The summed E-state index contributed by atoms with van der Waals surface area (Å²) in [7, 11) is 0.0253. The summed E-state index contributed by atoms with van der Waals surface area (Å²) in [5.74, 6) is 0.